The molecule has 1 unspecified atom stereocenters. The topological polar surface area (TPSA) is 0 Å². The molecule has 0 nitrogen and oxygen atoms in total. The van der Waals surface area contributed by atoms with Crippen molar-refractivity contribution in [1.29, 1.82) is 0 Å². The quantitative estimate of drug-likeness (QED) is 0.315. The standard InChI is InChI=1S/C12H8As.3ClH.Zr/c1-3-7-11-9(5-1)10-6-2-4-8-12(10)13-11;;;;/h1-5,7-8,13H;3*1H;/q;;;;+3/p-3. The fourth-order valence-electron chi connectivity index (χ4n) is 1.90. The first-order valence-corrected chi connectivity index (χ1v) is 7.90. The Morgan fingerprint density at radius 3 is 2.18 bits per heavy atom. The minimum absolute atomic E-state index is 0. The molecular formula is C12H8AsCl3Zr. The van der Waals surface area contributed by atoms with Gasteiger partial charge in [0, 0.05) is 0 Å². The van der Waals surface area contributed by atoms with Gasteiger partial charge in [0.15, 0.2) is 0 Å². The molecule has 17 heavy (non-hydrogen) atoms. The van der Waals surface area contributed by atoms with Gasteiger partial charge in [-0.15, -0.1) is 0 Å². The van der Waals surface area contributed by atoms with Gasteiger partial charge in [-0.2, -0.15) is 0 Å². The second-order valence-electron chi connectivity index (χ2n) is 3.40. The van der Waals surface area contributed by atoms with Gasteiger partial charge in [-0.05, 0) is 0 Å². The Morgan fingerprint density at radius 1 is 0.765 bits per heavy atom. The molecule has 3 rings (SSSR count). The normalized spacial score (nSPS) is 11.6. The van der Waals surface area contributed by atoms with E-state index in [9.17, 15) is 0 Å². The van der Waals surface area contributed by atoms with E-state index in [1.54, 1.807) is 14.3 Å². The van der Waals surface area contributed by atoms with Crippen LogP contribution in [0.15, 0.2) is 42.5 Å². The van der Waals surface area contributed by atoms with Gasteiger partial charge in [-0.3, -0.25) is 0 Å². The fourth-order valence-corrected chi connectivity index (χ4v) is 6.35. The maximum atomic E-state index is 2.31. The molecular weight excluding hydrogens is 417 g/mol. The number of benzene rings is 2. The van der Waals surface area contributed by atoms with Crippen LogP contribution in [0.4, 0.5) is 0 Å². The minimum atomic E-state index is -0.0385. The summed E-state index contributed by atoms with van der Waals surface area (Å²) in [6.07, 6.45) is 0. The van der Waals surface area contributed by atoms with Gasteiger partial charge in [0.05, 0.1) is 0 Å². The van der Waals surface area contributed by atoms with Crippen molar-refractivity contribution in [2.24, 2.45) is 0 Å². The molecule has 2 aromatic rings. The van der Waals surface area contributed by atoms with E-state index in [0.29, 0.717) is 0 Å². The maximum absolute atomic E-state index is 2.31. The Hall–Kier alpha value is 0.752. The van der Waals surface area contributed by atoms with E-state index in [0.717, 1.165) is 0 Å². The molecule has 0 aromatic heterocycles. The van der Waals surface area contributed by atoms with Gasteiger partial charge in [-0.25, -0.2) is 0 Å². The van der Waals surface area contributed by atoms with Crippen LogP contribution in [0.2, 0.25) is 0 Å². The molecule has 1 aliphatic heterocycles. The first-order chi connectivity index (χ1) is 6.86. The molecule has 1 atom stereocenters. The summed E-state index contributed by atoms with van der Waals surface area (Å²) in [5.41, 5.74) is 3.07. The number of rotatable bonds is 0. The summed E-state index contributed by atoms with van der Waals surface area (Å²) in [4.78, 5) is 0. The third-order valence-corrected chi connectivity index (χ3v) is 6.47. The van der Waals surface area contributed by atoms with Gasteiger partial charge in [0.1, 0.15) is 0 Å². The second kappa shape index (κ2) is 7.37. The first-order valence-electron chi connectivity index (χ1n) is 4.57. The zero-order valence-electron chi connectivity index (χ0n) is 8.68. The van der Waals surface area contributed by atoms with Crippen molar-refractivity contribution in [2.45, 2.75) is 0 Å². The molecule has 0 saturated heterocycles. The molecule has 0 N–H and O–H groups in total. The molecule has 0 spiro atoms. The average molecular weight is 425 g/mol. The van der Waals surface area contributed by atoms with Crippen LogP contribution in [0.5, 0.6) is 0 Å². The predicted molar refractivity (Wildman–Crippen MR) is 57.9 cm³/mol. The van der Waals surface area contributed by atoms with E-state index >= 15 is 0 Å². The van der Waals surface area contributed by atoms with Crippen molar-refractivity contribution >= 4 is 27.7 Å². The summed E-state index contributed by atoms with van der Waals surface area (Å²) in [5, 5.41) is 0. The Bertz CT molecular complexity index is 517. The van der Waals surface area contributed by atoms with E-state index in [1.807, 2.05) is 0 Å². The molecule has 5 heteroatoms. The summed E-state index contributed by atoms with van der Waals surface area (Å²) in [7, 11) is 0. The Morgan fingerprint density at radius 2 is 1.41 bits per heavy atom. The third-order valence-electron chi connectivity index (χ3n) is 2.53. The monoisotopic (exact) mass is 422 g/mol. The number of halogens is 3. The van der Waals surface area contributed by atoms with Crippen molar-refractivity contribution in [2.75, 3.05) is 0 Å². The van der Waals surface area contributed by atoms with Crippen LogP contribution in [0.1, 0.15) is 0 Å². The average Bonchev–Trinajstić information content (AvgIpc) is 2.57. The molecule has 0 saturated carbocycles. The van der Waals surface area contributed by atoms with E-state index < -0.39 is 0 Å². The Kier molecular flexibility index (Phi) is 7.69. The van der Waals surface area contributed by atoms with Crippen LogP contribution < -0.4 is 49.2 Å². The van der Waals surface area contributed by atoms with Gasteiger partial charge in [0.25, 0.3) is 0 Å². The molecule has 0 amide bonds. The van der Waals surface area contributed by atoms with Gasteiger partial charge >= 0.3 is 106 Å². The molecule has 1 heterocycles. The van der Waals surface area contributed by atoms with E-state index in [-0.39, 0.29) is 53.0 Å². The van der Waals surface area contributed by atoms with Crippen molar-refractivity contribution in [3.8, 4) is 11.1 Å². The Labute approximate surface area is 142 Å². The van der Waals surface area contributed by atoms with Crippen LogP contribution in [-0.2, 0) is 24.7 Å². The zero-order chi connectivity index (χ0) is 9.54. The van der Waals surface area contributed by atoms with Crippen molar-refractivity contribution in [3.05, 3.63) is 42.5 Å². The summed E-state index contributed by atoms with van der Waals surface area (Å²) in [5.74, 6) is 0. The van der Waals surface area contributed by atoms with Gasteiger partial charge in [0.2, 0.25) is 0 Å². The number of hydrogen-bond acceptors (Lipinski definition) is 0. The van der Waals surface area contributed by atoms with E-state index in [2.05, 4.69) is 42.5 Å². The number of hydrogen-bond donors (Lipinski definition) is 0. The summed E-state index contributed by atoms with van der Waals surface area (Å²) >= 11 is 1.49. The van der Waals surface area contributed by atoms with Crippen LogP contribution in [-0.4, -0.2) is 15.8 Å². The van der Waals surface area contributed by atoms with E-state index in [4.69, 9.17) is 0 Å². The van der Waals surface area contributed by atoms with Crippen molar-refractivity contribution < 1.29 is 61.9 Å². The second-order valence-corrected chi connectivity index (χ2v) is 7.51. The summed E-state index contributed by atoms with van der Waals surface area (Å²) in [6, 6.07) is 15.7. The van der Waals surface area contributed by atoms with Gasteiger partial charge < -0.3 is 37.2 Å². The number of fused-ring (bicyclic) bond motifs is 3. The Balaban J connectivity index is 0.000000853. The molecule has 2 aromatic carbocycles. The predicted octanol–water partition coefficient (Wildman–Crippen LogP) is -8.76. The van der Waals surface area contributed by atoms with Crippen molar-refractivity contribution in [1.82, 2.24) is 0 Å². The zero-order valence-corrected chi connectivity index (χ0v) is 15.5. The van der Waals surface area contributed by atoms with E-state index in [1.165, 1.54) is 33.6 Å². The molecule has 0 aliphatic carbocycles. The fraction of sp³-hybridized carbons (Fsp3) is 0. The first kappa shape index (κ1) is 17.8. The molecule has 0 radical (unpaired) electrons. The van der Waals surface area contributed by atoms with Crippen molar-refractivity contribution in [3.63, 3.8) is 0 Å². The molecule has 0 fully saturated rings. The molecule has 0 bridgehead atoms. The molecule has 1 aliphatic rings. The summed E-state index contributed by atoms with van der Waals surface area (Å²) < 4.78 is 4.75. The third kappa shape index (κ3) is 3.20. The summed E-state index contributed by atoms with van der Waals surface area (Å²) in [6.45, 7) is 0. The van der Waals surface area contributed by atoms with Crippen LogP contribution >= 0.6 is 0 Å². The molecule has 86 valence electrons. The van der Waals surface area contributed by atoms with Crippen LogP contribution in [0, 0.1) is 0 Å². The SMILES string of the molecule is [Cl-].[Cl-].[Cl-].[Zr+3][c]1cccc2c1-c1ccccc1[AsH]2. The van der Waals surface area contributed by atoms with Gasteiger partial charge in [-0.1, -0.05) is 0 Å². The van der Waals surface area contributed by atoms with Crippen LogP contribution in [0.25, 0.3) is 11.1 Å². The van der Waals surface area contributed by atoms with Crippen LogP contribution in [0.3, 0.4) is 0 Å².